The molecule has 15 heteroatoms. The van der Waals surface area contributed by atoms with Gasteiger partial charge in [0.2, 0.25) is 0 Å². The molecule has 0 radical (unpaired) electrons. The SMILES string of the molecule is O=C(OC1C2CC3C1OC(=O)C3C2C(=O)OCC(F)(F)S(=O)(=O)[O-])c1cc(I)cc(I)c1I. The highest BCUT2D eigenvalue weighted by molar-refractivity contribution is 14.1. The molecule has 0 N–H and O–H groups in total. The van der Waals surface area contributed by atoms with Gasteiger partial charge in [-0.05, 0) is 86.3 Å². The predicted molar refractivity (Wildman–Crippen MR) is 128 cm³/mol. The topological polar surface area (TPSA) is 136 Å². The van der Waals surface area contributed by atoms with E-state index in [1.165, 1.54) is 0 Å². The fraction of sp³-hybridized carbons (Fsp3) is 0.500. The summed E-state index contributed by atoms with van der Waals surface area (Å²) in [4.78, 5) is 37.8. The number of rotatable bonds is 6. The molecular formula is C18H12F2I3O9S-. The number of hydrogen-bond donors (Lipinski definition) is 0. The molecule has 6 unspecified atom stereocenters. The van der Waals surface area contributed by atoms with E-state index in [1.807, 2.05) is 51.2 Å². The molecule has 4 rings (SSSR count). The Morgan fingerprint density at radius 3 is 2.52 bits per heavy atom. The van der Waals surface area contributed by atoms with Crippen LogP contribution in [0.2, 0.25) is 0 Å². The Bertz CT molecular complexity index is 1160. The van der Waals surface area contributed by atoms with E-state index in [0.29, 0.717) is 3.57 Å². The van der Waals surface area contributed by atoms with Gasteiger partial charge in [0.25, 0.3) is 0 Å². The highest BCUT2D eigenvalue weighted by atomic mass is 127. The van der Waals surface area contributed by atoms with Gasteiger partial charge >= 0.3 is 23.2 Å². The highest BCUT2D eigenvalue weighted by Gasteiger charge is 2.70. The summed E-state index contributed by atoms with van der Waals surface area (Å²) in [7, 11) is -6.05. The van der Waals surface area contributed by atoms with Crippen LogP contribution in [0.15, 0.2) is 12.1 Å². The first-order valence-electron chi connectivity index (χ1n) is 9.29. The van der Waals surface area contributed by atoms with Gasteiger partial charge in [0.1, 0.15) is 12.2 Å². The van der Waals surface area contributed by atoms with E-state index in [-0.39, 0.29) is 12.0 Å². The van der Waals surface area contributed by atoms with Gasteiger partial charge < -0.3 is 18.8 Å². The van der Waals surface area contributed by atoms with E-state index in [4.69, 9.17) is 9.47 Å². The third-order valence-electron chi connectivity index (χ3n) is 6.02. The summed E-state index contributed by atoms with van der Waals surface area (Å²) < 4.78 is 76.5. The van der Waals surface area contributed by atoms with Gasteiger partial charge in [0, 0.05) is 22.5 Å². The Hall–Kier alpha value is -0.410. The monoisotopic (exact) mass is 823 g/mol. The summed E-state index contributed by atoms with van der Waals surface area (Å²) in [5.41, 5.74) is 0.287. The molecule has 180 valence electrons. The fourth-order valence-corrected chi connectivity index (χ4v) is 7.26. The van der Waals surface area contributed by atoms with Gasteiger partial charge in [-0.1, -0.05) is 0 Å². The van der Waals surface area contributed by atoms with Crippen LogP contribution in [0.3, 0.4) is 0 Å². The lowest BCUT2D eigenvalue weighted by molar-refractivity contribution is -0.161. The van der Waals surface area contributed by atoms with Crippen LogP contribution in [0.5, 0.6) is 0 Å². The number of hydrogen-bond acceptors (Lipinski definition) is 9. The lowest BCUT2D eigenvalue weighted by Crippen LogP contribution is -2.45. The summed E-state index contributed by atoms with van der Waals surface area (Å²) in [6.07, 6.45) is -1.52. The van der Waals surface area contributed by atoms with Crippen molar-refractivity contribution in [1.29, 1.82) is 0 Å². The molecule has 6 atom stereocenters. The van der Waals surface area contributed by atoms with Crippen LogP contribution in [0, 0.1) is 34.4 Å². The van der Waals surface area contributed by atoms with Crippen LogP contribution >= 0.6 is 67.8 Å². The Morgan fingerprint density at radius 1 is 1.21 bits per heavy atom. The molecule has 0 spiro atoms. The molecule has 3 fully saturated rings. The minimum atomic E-state index is -6.05. The van der Waals surface area contributed by atoms with Crippen LogP contribution in [-0.4, -0.2) is 54.9 Å². The summed E-state index contributed by atoms with van der Waals surface area (Å²) in [6.45, 7) is -1.97. The van der Waals surface area contributed by atoms with Crippen molar-refractivity contribution in [3.63, 3.8) is 0 Å². The van der Waals surface area contributed by atoms with Gasteiger partial charge in [-0.15, -0.1) is 0 Å². The third kappa shape index (κ3) is 4.48. The first-order chi connectivity index (χ1) is 15.2. The van der Waals surface area contributed by atoms with E-state index in [0.717, 1.165) is 7.14 Å². The van der Waals surface area contributed by atoms with Crippen molar-refractivity contribution in [3.8, 4) is 0 Å². The third-order valence-corrected chi connectivity index (χ3v) is 10.5. The van der Waals surface area contributed by atoms with Crippen LogP contribution in [0.25, 0.3) is 0 Å². The zero-order valence-corrected chi connectivity index (χ0v) is 23.3. The molecule has 0 aromatic heterocycles. The molecule has 2 bridgehead atoms. The van der Waals surface area contributed by atoms with E-state index in [2.05, 4.69) is 27.3 Å². The smallest absolute Gasteiger partial charge is 0.367 e. The van der Waals surface area contributed by atoms with Crippen molar-refractivity contribution in [2.75, 3.05) is 6.61 Å². The first-order valence-corrected chi connectivity index (χ1v) is 13.9. The molecule has 9 nitrogen and oxygen atoms in total. The summed E-state index contributed by atoms with van der Waals surface area (Å²) in [6, 6.07) is 3.49. The highest BCUT2D eigenvalue weighted by Crippen LogP contribution is 2.59. The maximum atomic E-state index is 13.4. The number of carbonyl (C=O) groups is 3. The summed E-state index contributed by atoms with van der Waals surface area (Å²) in [5.74, 6) is -6.16. The Kier molecular flexibility index (Phi) is 6.93. The average molecular weight is 823 g/mol. The molecule has 2 saturated carbocycles. The lowest BCUT2D eigenvalue weighted by Gasteiger charge is -2.30. The molecule has 33 heavy (non-hydrogen) atoms. The molecule has 1 aromatic rings. The van der Waals surface area contributed by atoms with E-state index in [1.54, 1.807) is 6.07 Å². The molecule has 1 heterocycles. The van der Waals surface area contributed by atoms with Crippen molar-refractivity contribution in [3.05, 3.63) is 28.4 Å². The van der Waals surface area contributed by atoms with Crippen molar-refractivity contribution < 1.29 is 50.3 Å². The minimum Gasteiger partial charge on any atom is -0.743 e. The van der Waals surface area contributed by atoms with Crippen molar-refractivity contribution in [2.45, 2.75) is 23.9 Å². The summed E-state index contributed by atoms with van der Waals surface area (Å²) >= 11 is 6.11. The number of ether oxygens (including phenoxy) is 3. The zero-order chi connectivity index (χ0) is 24.5. The molecule has 2 aliphatic carbocycles. The normalized spacial score (nSPS) is 30.3. The molecule has 3 aliphatic rings. The van der Waals surface area contributed by atoms with Crippen molar-refractivity contribution in [2.24, 2.45) is 23.7 Å². The van der Waals surface area contributed by atoms with Crippen LogP contribution in [0.1, 0.15) is 16.8 Å². The number of carbonyl (C=O) groups excluding carboxylic acids is 3. The Morgan fingerprint density at radius 2 is 1.88 bits per heavy atom. The van der Waals surface area contributed by atoms with Gasteiger partial charge in [0.15, 0.2) is 16.7 Å². The molecule has 1 aromatic carbocycles. The van der Waals surface area contributed by atoms with Crippen LogP contribution < -0.4 is 0 Å². The van der Waals surface area contributed by atoms with Gasteiger partial charge in [-0.2, -0.15) is 8.78 Å². The quantitative estimate of drug-likeness (QED) is 0.140. The Labute approximate surface area is 226 Å². The number of benzene rings is 1. The number of esters is 3. The standard InChI is InChI=1S/C18H13F2I3O9S/c19-18(20,33(27,28)29)4-30-16(25)10-6-3-7-11(10)17(26)32-14(7)13(6)31-15(24)8-1-5(21)2-9(22)12(8)23/h1-2,6-7,10-11,13-14H,3-4H2,(H,27,28,29)/p-1. The molecule has 1 saturated heterocycles. The van der Waals surface area contributed by atoms with Crippen LogP contribution in [0.4, 0.5) is 8.78 Å². The maximum absolute atomic E-state index is 13.4. The fourth-order valence-electron chi connectivity index (χ4n) is 4.68. The van der Waals surface area contributed by atoms with Crippen molar-refractivity contribution in [1.82, 2.24) is 0 Å². The van der Waals surface area contributed by atoms with Crippen molar-refractivity contribution >= 4 is 95.8 Å². The largest absolute Gasteiger partial charge is 0.743 e. The van der Waals surface area contributed by atoms with E-state index < -0.39 is 75.8 Å². The predicted octanol–water partition coefficient (Wildman–Crippen LogP) is 2.51. The maximum Gasteiger partial charge on any atom is 0.367 e. The van der Waals surface area contributed by atoms with Crippen LogP contribution in [-0.2, 0) is 33.9 Å². The van der Waals surface area contributed by atoms with E-state index >= 15 is 0 Å². The van der Waals surface area contributed by atoms with Gasteiger partial charge in [-0.25, -0.2) is 13.2 Å². The lowest BCUT2D eigenvalue weighted by atomic mass is 9.78. The Balaban J connectivity index is 1.55. The number of alkyl halides is 2. The summed E-state index contributed by atoms with van der Waals surface area (Å²) in [5, 5.41) is -4.82. The van der Waals surface area contributed by atoms with Gasteiger partial charge in [-0.3, -0.25) is 9.59 Å². The molecule has 1 aliphatic heterocycles. The second kappa shape index (κ2) is 8.91. The van der Waals surface area contributed by atoms with Gasteiger partial charge in [0.05, 0.1) is 17.4 Å². The number of fused-ring (bicyclic) bond motifs is 1. The minimum absolute atomic E-state index is 0.260. The molecule has 0 amide bonds. The average Bonchev–Trinajstić information content (AvgIpc) is 3.31. The second-order valence-electron chi connectivity index (χ2n) is 7.83. The second-order valence-corrected chi connectivity index (χ2v) is 12.8. The zero-order valence-electron chi connectivity index (χ0n) is 16.0. The van der Waals surface area contributed by atoms with E-state index in [9.17, 15) is 36.1 Å². The molecular weight excluding hydrogens is 811 g/mol. The number of halogens is 5. The first kappa shape index (κ1) is 25.7.